The lowest BCUT2D eigenvalue weighted by atomic mass is 10.1. The first-order valence-electron chi connectivity index (χ1n) is 9.50. The van der Waals surface area contributed by atoms with E-state index in [1.165, 1.54) is 0 Å². The van der Waals surface area contributed by atoms with Gasteiger partial charge < -0.3 is 29.7 Å². The SMILES string of the molecule is CCOc1ccc(CNC(=NC)NC2CN(C(=O)OC(C)(C)C)C2)cc1OC. The average Bonchev–Trinajstić information content (AvgIpc) is 2.59. The minimum absolute atomic E-state index is 0.147. The van der Waals surface area contributed by atoms with Crippen LogP contribution in [0.4, 0.5) is 4.79 Å². The van der Waals surface area contributed by atoms with Gasteiger partial charge >= 0.3 is 6.09 Å². The van der Waals surface area contributed by atoms with Crippen LogP contribution in [0.3, 0.4) is 0 Å². The largest absolute Gasteiger partial charge is 0.493 e. The van der Waals surface area contributed by atoms with Gasteiger partial charge in [-0.05, 0) is 45.4 Å². The molecule has 8 nitrogen and oxygen atoms in total. The molecule has 0 aromatic heterocycles. The number of nitrogens with zero attached hydrogens (tertiary/aromatic N) is 2. The number of likely N-dealkylation sites (tertiary alicyclic amines) is 1. The maximum Gasteiger partial charge on any atom is 0.410 e. The summed E-state index contributed by atoms with van der Waals surface area (Å²) in [6.45, 7) is 9.89. The van der Waals surface area contributed by atoms with E-state index in [1.807, 2.05) is 45.9 Å². The fourth-order valence-corrected chi connectivity index (χ4v) is 2.72. The summed E-state index contributed by atoms with van der Waals surface area (Å²) in [5, 5.41) is 6.59. The van der Waals surface area contributed by atoms with Crippen molar-refractivity contribution in [2.45, 2.75) is 45.9 Å². The topological polar surface area (TPSA) is 84.4 Å². The number of benzene rings is 1. The number of guanidine groups is 1. The van der Waals surface area contributed by atoms with E-state index in [0.29, 0.717) is 38.0 Å². The standard InChI is InChI=1S/C20H32N4O4/c1-7-27-16-9-8-14(10-17(16)26-6)11-22-18(21-5)23-15-12-24(13-15)19(25)28-20(2,3)4/h8-10,15H,7,11-13H2,1-6H3,(H2,21,22,23). The maximum atomic E-state index is 12.0. The number of methoxy groups -OCH3 is 1. The lowest BCUT2D eigenvalue weighted by Crippen LogP contribution is -2.63. The minimum atomic E-state index is -0.480. The van der Waals surface area contributed by atoms with E-state index in [4.69, 9.17) is 14.2 Å². The molecule has 156 valence electrons. The van der Waals surface area contributed by atoms with Gasteiger partial charge in [0, 0.05) is 26.7 Å². The summed E-state index contributed by atoms with van der Waals surface area (Å²) in [7, 11) is 3.35. The summed E-state index contributed by atoms with van der Waals surface area (Å²) >= 11 is 0. The molecule has 2 rings (SSSR count). The van der Waals surface area contributed by atoms with Gasteiger partial charge in [-0.15, -0.1) is 0 Å². The molecule has 1 aromatic rings. The molecule has 0 radical (unpaired) electrons. The highest BCUT2D eigenvalue weighted by Gasteiger charge is 2.34. The van der Waals surface area contributed by atoms with Crippen LogP contribution in [-0.2, 0) is 11.3 Å². The third-order valence-electron chi connectivity index (χ3n) is 4.09. The van der Waals surface area contributed by atoms with Crippen molar-refractivity contribution in [1.82, 2.24) is 15.5 Å². The summed E-state index contributed by atoms with van der Waals surface area (Å²) < 4.78 is 16.3. The number of hydrogen-bond donors (Lipinski definition) is 2. The molecule has 8 heteroatoms. The Morgan fingerprint density at radius 2 is 2.00 bits per heavy atom. The van der Waals surface area contributed by atoms with Crippen LogP contribution in [0.5, 0.6) is 11.5 Å². The van der Waals surface area contributed by atoms with Crippen LogP contribution in [0.25, 0.3) is 0 Å². The second-order valence-corrected chi connectivity index (χ2v) is 7.57. The Morgan fingerprint density at radius 1 is 1.29 bits per heavy atom. The second kappa shape index (κ2) is 9.52. The number of nitrogens with one attached hydrogen (secondary N) is 2. The van der Waals surface area contributed by atoms with Gasteiger partial charge in [0.05, 0.1) is 19.8 Å². The van der Waals surface area contributed by atoms with Gasteiger partial charge in [-0.1, -0.05) is 6.07 Å². The molecule has 1 aliphatic rings. The van der Waals surface area contributed by atoms with E-state index < -0.39 is 5.60 Å². The Hall–Kier alpha value is -2.64. The molecule has 28 heavy (non-hydrogen) atoms. The van der Waals surface area contributed by atoms with E-state index in [0.717, 1.165) is 11.3 Å². The maximum absolute atomic E-state index is 12.0. The molecule has 0 aliphatic carbocycles. The van der Waals surface area contributed by atoms with Crippen molar-refractivity contribution in [2.24, 2.45) is 4.99 Å². The van der Waals surface area contributed by atoms with Crippen molar-refractivity contribution in [3.05, 3.63) is 23.8 Å². The fraction of sp³-hybridized carbons (Fsp3) is 0.600. The normalized spacial score (nSPS) is 14.9. The van der Waals surface area contributed by atoms with Crippen molar-refractivity contribution in [1.29, 1.82) is 0 Å². The first-order valence-corrected chi connectivity index (χ1v) is 9.50. The highest BCUT2D eigenvalue weighted by molar-refractivity contribution is 5.80. The first kappa shape index (κ1) is 21.7. The lowest BCUT2D eigenvalue weighted by molar-refractivity contribution is 0.00701. The fourth-order valence-electron chi connectivity index (χ4n) is 2.72. The third kappa shape index (κ3) is 6.21. The molecule has 0 spiro atoms. The Kier molecular flexibility index (Phi) is 7.37. The monoisotopic (exact) mass is 392 g/mol. The van der Waals surface area contributed by atoms with Crippen LogP contribution < -0.4 is 20.1 Å². The molecule has 0 atom stereocenters. The molecule has 1 heterocycles. The molecule has 2 N–H and O–H groups in total. The number of rotatable bonds is 6. The summed E-state index contributed by atoms with van der Waals surface area (Å²) in [5.41, 5.74) is 0.568. The van der Waals surface area contributed by atoms with E-state index >= 15 is 0 Å². The van der Waals surface area contributed by atoms with E-state index in [1.54, 1.807) is 19.1 Å². The predicted octanol–water partition coefficient (Wildman–Crippen LogP) is 2.38. The van der Waals surface area contributed by atoms with E-state index in [9.17, 15) is 4.79 Å². The zero-order chi connectivity index (χ0) is 20.7. The summed E-state index contributed by atoms with van der Waals surface area (Å²) in [6, 6.07) is 5.98. The Balaban J connectivity index is 1.81. The minimum Gasteiger partial charge on any atom is -0.493 e. The van der Waals surface area contributed by atoms with Crippen LogP contribution >= 0.6 is 0 Å². The highest BCUT2D eigenvalue weighted by atomic mass is 16.6. The summed E-state index contributed by atoms with van der Waals surface area (Å²) in [5.74, 6) is 2.12. The molecule has 1 aromatic carbocycles. The van der Waals surface area contributed by atoms with E-state index in [2.05, 4.69) is 15.6 Å². The van der Waals surface area contributed by atoms with Crippen molar-refractivity contribution in [3.63, 3.8) is 0 Å². The molecule has 1 amide bonds. The van der Waals surface area contributed by atoms with Crippen LogP contribution in [0.2, 0.25) is 0 Å². The van der Waals surface area contributed by atoms with Crippen LogP contribution in [-0.4, -0.2) is 62.4 Å². The summed E-state index contributed by atoms with van der Waals surface area (Å²) in [4.78, 5) is 17.9. The van der Waals surface area contributed by atoms with Crippen LogP contribution in [0.1, 0.15) is 33.3 Å². The van der Waals surface area contributed by atoms with Crippen LogP contribution in [0.15, 0.2) is 23.2 Å². The van der Waals surface area contributed by atoms with Gasteiger partial charge in [-0.3, -0.25) is 4.99 Å². The smallest absolute Gasteiger partial charge is 0.410 e. The molecule has 0 saturated carbocycles. The van der Waals surface area contributed by atoms with Gasteiger partial charge in [0.25, 0.3) is 0 Å². The van der Waals surface area contributed by atoms with Gasteiger partial charge in [-0.25, -0.2) is 4.79 Å². The Morgan fingerprint density at radius 3 is 2.57 bits per heavy atom. The molecule has 0 bridgehead atoms. The Labute approximate surface area is 167 Å². The first-order chi connectivity index (χ1) is 13.3. The molecule has 1 saturated heterocycles. The quantitative estimate of drug-likeness (QED) is 0.571. The van der Waals surface area contributed by atoms with Gasteiger partial charge in [-0.2, -0.15) is 0 Å². The third-order valence-corrected chi connectivity index (χ3v) is 4.09. The van der Waals surface area contributed by atoms with Crippen molar-refractivity contribution in [3.8, 4) is 11.5 Å². The van der Waals surface area contributed by atoms with Crippen LogP contribution in [0, 0.1) is 0 Å². The van der Waals surface area contributed by atoms with Crippen molar-refractivity contribution >= 4 is 12.1 Å². The van der Waals surface area contributed by atoms with Gasteiger partial charge in [0.2, 0.25) is 0 Å². The number of aliphatic imine (C=N–C) groups is 1. The lowest BCUT2D eigenvalue weighted by Gasteiger charge is -2.40. The molecule has 0 unspecified atom stereocenters. The molecular formula is C20H32N4O4. The number of hydrogen-bond acceptors (Lipinski definition) is 5. The van der Waals surface area contributed by atoms with Gasteiger partial charge in [0.15, 0.2) is 17.5 Å². The van der Waals surface area contributed by atoms with E-state index in [-0.39, 0.29) is 12.1 Å². The summed E-state index contributed by atoms with van der Waals surface area (Å²) in [6.07, 6.45) is -0.282. The zero-order valence-corrected chi connectivity index (χ0v) is 17.7. The molecule has 1 fully saturated rings. The molecular weight excluding hydrogens is 360 g/mol. The highest BCUT2D eigenvalue weighted by Crippen LogP contribution is 2.28. The number of carbonyl (C=O) groups is 1. The molecule has 1 aliphatic heterocycles. The average molecular weight is 393 g/mol. The van der Waals surface area contributed by atoms with Gasteiger partial charge in [0.1, 0.15) is 5.60 Å². The number of ether oxygens (including phenoxy) is 3. The number of amides is 1. The van der Waals surface area contributed by atoms with Crippen molar-refractivity contribution < 1.29 is 19.0 Å². The Bertz CT molecular complexity index is 694. The zero-order valence-electron chi connectivity index (χ0n) is 17.7. The number of carbonyl (C=O) groups excluding carboxylic acids is 1. The van der Waals surface area contributed by atoms with Crippen molar-refractivity contribution in [2.75, 3.05) is 33.9 Å². The second-order valence-electron chi connectivity index (χ2n) is 7.57. The predicted molar refractivity (Wildman–Crippen MR) is 109 cm³/mol.